The van der Waals surface area contributed by atoms with E-state index in [9.17, 15) is 4.79 Å². The zero-order chi connectivity index (χ0) is 15.1. The summed E-state index contributed by atoms with van der Waals surface area (Å²) in [4.78, 5) is 14.2. The van der Waals surface area contributed by atoms with Gasteiger partial charge >= 0.3 is 0 Å². The third-order valence-corrected chi connectivity index (χ3v) is 3.49. The van der Waals surface area contributed by atoms with Crippen LogP contribution in [0.4, 0.5) is 5.69 Å². The first-order chi connectivity index (χ1) is 10.2. The van der Waals surface area contributed by atoms with E-state index in [4.69, 9.17) is 10.00 Å². The molecule has 2 rings (SSSR count). The van der Waals surface area contributed by atoms with Crippen LogP contribution < -0.4 is 5.32 Å². The highest BCUT2D eigenvalue weighted by atomic mass is 16.5. The Morgan fingerprint density at radius 2 is 2.24 bits per heavy atom. The molecule has 0 aromatic heterocycles. The van der Waals surface area contributed by atoms with Crippen molar-refractivity contribution in [1.29, 1.82) is 5.26 Å². The summed E-state index contributed by atoms with van der Waals surface area (Å²) < 4.78 is 5.59. The molecule has 1 aliphatic rings. The van der Waals surface area contributed by atoms with Gasteiger partial charge in [0.1, 0.15) is 0 Å². The Labute approximate surface area is 125 Å². The van der Waals surface area contributed by atoms with Crippen molar-refractivity contribution in [2.75, 3.05) is 31.6 Å². The summed E-state index contributed by atoms with van der Waals surface area (Å²) in [6, 6.07) is 8.95. The van der Waals surface area contributed by atoms with Gasteiger partial charge in [-0.25, -0.2) is 0 Å². The zero-order valence-corrected chi connectivity index (χ0v) is 12.3. The minimum absolute atomic E-state index is 0.00229. The van der Waals surface area contributed by atoms with Crippen LogP contribution in [0, 0.1) is 11.3 Å². The molecule has 1 heterocycles. The van der Waals surface area contributed by atoms with Crippen LogP contribution in [0.3, 0.4) is 0 Å². The summed E-state index contributed by atoms with van der Waals surface area (Å²) in [5.41, 5.74) is 1.32. The third-order valence-electron chi connectivity index (χ3n) is 3.49. The minimum atomic E-state index is -0.00229. The molecule has 1 aromatic carbocycles. The highest BCUT2D eigenvalue weighted by Crippen LogP contribution is 2.10. The van der Waals surface area contributed by atoms with Crippen LogP contribution in [0.1, 0.15) is 25.3 Å². The lowest BCUT2D eigenvalue weighted by molar-refractivity contribution is -0.116. The molecular formula is C16H21N3O2. The van der Waals surface area contributed by atoms with E-state index in [1.54, 1.807) is 24.3 Å². The average molecular weight is 287 g/mol. The molecule has 1 aliphatic heterocycles. The summed E-state index contributed by atoms with van der Waals surface area (Å²) in [5, 5.41) is 11.6. The number of carbonyl (C=O) groups excluding carboxylic acids is 1. The number of hydrogen-bond donors (Lipinski definition) is 1. The van der Waals surface area contributed by atoms with E-state index in [0.29, 0.717) is 12.0 Å². The number of amides is 1. The number of nitriles is 1. The van der Waals surface area contributed by atoms with Gasteiger partial charge in [0.2, 0.25) is 5.91 Å². The number of rotatable bonds is 4. The van der Waals surface area contributed by atoms with Gasteiger partial charge in [-0.2, -0.15) is 5.26 Å². The maximum Gasteiger partial charge on any atom is 0.225 e. The topological polar surface area (TPSA) is 65.4 Å². The number of nitrogens with one attached hydrogen (secondary N) is 1. The molecule has 0 radical (unpaired) electrons. The molecule has 1 amide bonds. The third kappa shape index (κ3) is 5.18. The Hall–Kier alpha value is -1.90. The summed E-state index contributed by atoms with van der Waals surface area (Å²) >= 11 is 0. The molecule has 1 unspecified atom stereocenters. The van der Waals surface area contributed by atoms with Crippen molar-refractivity contribution in [3.63, 3.8) is 0 Å². The van der Waals surface area contributed by atoms with E-state index in [2.05, 4.69) is 23.2 Å². The highest BCUT2D eigenvalue weighted by Gasteiger charge is 2.15. The smallest absolute Gasteiger partial charge is 0.225 e. The molecule has 1 N–H and O–H groups in total. The molecule has 5 nitrogen and oxygen atoms in total. The van der Waals surface area contributed by atoms with E-state index in [1.807, 2.05) is 0 Å². The number of carbonyl (C=O) groups is 1. The van der Waals surface area contributed by atoms with E-state index in [-0.39, 0.29) is 12.0 Å². The van der Waals surface area contributed by atoms with Crippen LogP contribution in [-0.4, -0.2) is 43.2 Å². The van der Waals surface area contributed by atoms with Gasteiger partial charge in [0.05, 0.1) is 17.7 Å². The predicted octanol–water partition coefficient (Wildman–Crippen LogP) is 2.00. The first kappa shape index (κ1) is 15.5. The van der Waals surface area contributed by atoms with Gasteiger partial charge in [-0.15, -0.1) is 0 Å². The molecule has 21 heavy (non-hydrogen) atoms. The van der Waals surface area contributed by atoms with Crippen molar-refractivity contribution in [3.05, 3.63) is 29.8 Å². The molecule has 1 atom stereocenters. The van der Waals surface area contributed by atoms with Gasteiger partial charge < -0.3 is 15.0 Å². The minimum Gasteiger partial charge on any atom is -0.377 e. The number of benzene rings is 1. The first-order valence-corrected chi connectivity index (χ1v) is 7.31. The second-order valence-corrected chi connectivity index (χ2v) is 5.32. The largest absolute Gasteiger partial charge is 0.377 e. The van der Waals surface area contributed by atoms with Crippen LogP contribution in [0.5, 0.6) is 0 Å². The van der Waals surface area contributed by atoms with Gasteiger partial charge in [-0.1, -0.05) is 0 Å². The summed E-state index contributed by atoms with van der Waals surface area (Å²) in [6.07, 6.45) is 1.71. The van der Waals surface area contributed by atoms with Gasteiger partial charge in [-0.05, 0) is 37.6 Å². The average Bonchev–Trinajstić information content (AvgIpc) is 2.70. The fourth-order valence-electron chi connectivity index (χ4n) is 2.39. The summed E-state index contributed by atoms with van der Waals surface area (Å²) in [6.45, 7) is 5.47. The second-order valence-electron chi connectivity index (χ2n) is 5.32. The standard InChI is InChI=1S/C16H21N3O2/c1-13-12-19(8-2-10-21-13)9-7-16(20)18-15-5-3-14(11-17)4-6-15/h3-6,13H,2,7-10,12H2,1H3,(H,18,20). The first-order valence-electron chi connectivity index (χ1n) is 7.31. The van der Waals surface area contributed by atoms with Crippen molar-refractivity contribution < 1.29 is 9.53 Å². The number of nitrogens with zero attached hydrogens (tertiary/aromatic N) is 2. The van der Waals surface area contributed by atoms with Crippen molar-refractivity contribution >= 4 is 11.6 Å². The predicted molar refractivity (Wildman–Crippen MR) is 80.9 cm³/mol. The van der Waals surface area contributed by atoms with Crippen LogP contribution in [0.25, 0.3) is 0 Å². The maximum absolute atomic E-state index is 11.9. The quantitative estimate of drug-likeness (QED) is 0.920. The van der Waals surface area contributed by atoms with Crippen LogP contribution >= 0.6 is 0 Å². The Morgan fingerprint density at radius 1 is 1.48 bits per heavy atom. The normalized spacial score (nSPS) is 19.5. The van der Waals surface area contributed by atoms with Crippen molar-refractivity contribution in [2.24, 2.45) is 0 Å². The Kier molecular flexibility index (Phi) is 5.73. The number of anilines is 1. The fourth-order valence-corrected chi connectivity index (χ4v) is 2.39. The lowest BCUT2D eigenvalue weighted by Crippen LogP contribution is -2.33. The Balaban J connectivity index is 1.77. The summed E-state index contributed by atoms with van der Waals surface area (Å²) in [7, 11) is 0. The van der Waals surface area contributed by atoms with Gasteiger partial charge in [0.25, 0.3) is 0 Å². The Morgan fingerprint density at radius 3 is 2.95 bits per heavy atom. The zero-order valence-electron chi connectivity index (χ0n) is 12.3. The van der Waals surface area contributed by atoms with E-state index in [1.165, 1.54) is 0 Å². The Bertz CT molecular complexity index is 507. The fraction of sp³-hybridized carbons (Fsp3) is 0.500. The molecule has 0 aliphatic carbocycles. The monoisotopic (exact) mass is 287 g/mol. The van der Waals surface area contributed by atoms with E-state index < -0.39 is 0 Å². The van der Waals surface area contributed by atoms with E-state index in [0.717, 1.165) is 38.3 Å². The molecule has 1 aromatic rings. The molecular weight excluding hydrogens is 266 g/mol. The van der Waals surface area contributed by atoms with E-state index >= 15 is 0 Å². The molecule has 1 fully saturated rings. The van der Waals surface area contributed by atoms with Gasteiger partial charge in [-0.3, -0.25) is 4.79 Å². The molecule has 5 heteroatoms. The molecule has 112 valence electrons. The maximum atomic E-state index is 11.9. The SMILES string of the molecule is CC1CN(CCC(=O)Nc2ccc(C#N)cc2)CCCO1. The number of hydrogen-bond acceptors (Lipinski definition) is 4. The van der Waals surface area contributed by atoms with Crippen LogP contribution in [0.2, 0.25) is 0 Å². The molecule has 0 spiro atoms. The van der Waals surface area contributed by atoms with Crippen molar-refractivity contribution in [3.8, 4) is 6.07 Å². The van der Waals surface area contributed by atoms with Crippen LogP contribution in [0.15, 0.2) is 24.3 Å². The molecule has 1 saturated heterocycles. The number of ether oxygens (including phenoxy) is 1. The van der Waals surface area contributed by atoms with Crippen molar-refractivity contribution in [1.82, 2.24) is 4.90 Å². The molecule has 0 bridgehead atoms. The second kappa shape index (κ2) is 7.77. The van der Waals surface area contributed by atoms with Crippen molar-refractivity contribution in [2.45, 2.75) is 25.9 Å². The lowest BCUT2D eigenvalue weighted by atomic mass is 10.2. The molecule has 0 saturated carbocycles. The summed E-state index contributed by atoms with van der Waals surface area (Å²) in [5.74, 6) is -0.00229. The highest BCUT2D eigenvalue weighted by molar-refractivity contribution is 5.90. The van der Waals surface area contributed by atoms with Gasteiger partial charge in [0.15, 0.2) is 0 Å². The van der Waals surface area contributed by atoms with Crippen LogP contribution in [-0.2, 0) is 9.53 Å². The van der Waals surface area contributed by atoms with Gasteiger partial charge in [0, 0.05) is 38.3 Å². The lowest BCUT2D eigenvalue weighted by Gasteiger charge is -2.21.